The van der Waals surface area contributed by atoms with Gasteiger partial charge in [-0.25, -0.2) is 13.1 Å². The third-order valence-corrected chi connectivity index (χ3v) is 4.57. The van der Waals surface area contributed by atoms with E-state index in [-0.39, 0.29) is 16.4 Å². The Balaban J connectivity index is 1.83. The summed E-state index contributed by atoms with van der Waals surface area (Å²) in [6.45, 7) is 0.673. The number of nitrogens with one attached hydrogen (secondary N) is 1. The smallest absolute Gasteiger partial charge is 0.275 e. The zero-order valence-electron chi connectivity index (χ0n) is 12.8. The molecule has 1 aliphatic heterocycles. The van der Waals surface area contributed by atoms with E-state index in [0.717, 1.165) is 6.08 Å². The molecule has 0 saturated carbocycles. The van der Waals surface area contributed by atoms with Crippen molar-refractivity contribution >= 4 is 22.0 Å². The second kappa shape index (κ2) is 6.70. The van der Waals surface area contributed by atoms with Gasteiger partial charge in [0, 0.05) is 12.1 Å². The Morgan fingerprint density at radius 1 is 1.20 bits per heavy atom. The fraction of sp³-hybridized carbons (Fsp3) is 0.125. The number of hydrogen-bond acceptors (Lipinski definition) is 7. The minimum atomic E-state index is -4.18. The molecule has 2 heterocycles. The predicted octanol–water partition coefficient (Wildman–Crippen LogP) is 1.46. The largest absolute Gasteiger partial charge is 0.486 e. The van der Waals surface area contributed by atoms with Crippen LogP contribution in [0.1, 0.15) is 5.76 Å². The minimum Gasteiger partial charge on any atom is -0.486 e. The van der Waals surface area contributed by atoms with E-state index in [2.05, 4.69) is 0 Å². The summed E-state index contributed by atoms with van der Waals surface area (Å²) in [5, 5.41) is 9.07. The van der Waals surface area contributed by atoms with Crippen LogP contribution in [0.15, 0.2) is 51.5 Å². The van der Waals surface area contributed by atoms with Gasteiger partial charge in [0.25, 0.3) is 15.9 Å². The maximum atomic E-state index is 12.4. The molecule has 0 aliphatic carbocycles. The number of carbonyl (C=O) groups is 1. The van der Waals surface area contributed by atoms with Crippen molar-refractivity contribution in [2.45, 2.75) is 4.90 Å². The van der Waals surface area contributed by atoms with Crippen LogP contribution in [0, 0.1) is 11.3 Å². The fourth-order valence-corrected chi connectivity index (χ4v) is 3.07. The summed E-state index contributed by atoms with van der Waals surface area (Å²) in [5.41, 5.74) is -0.406. The monoisotopic (exact) mass is 360 g/mol. The quantitative estimate of drug-likeness (QED) is 0.647. The summed E-state index contributed by atoms with van der Waals surface area (Å²) in [7, 11) is -4.18. The van der Waals surface area contributed by atoms with Gasteiger partial charge in [0.1, 0.15) is 30.6 Å². The molecule has 128 valence electrons. The summed E-state index contributed by atoms with van der Waals surface area (Å²) in [6.07, 6.45) is 2.51. The molecule has 3 rings (SSSR count). The van der Waals surface area contributed by atoms with Gasteiger partial charge in [0.15, 0.2) is 11.5 Å². The lowest BCUT2D eigenvalue weighted by Crippen LogP contribution is -2.31. The maximum Gasteiger partial charge on any atom is 0.275 e. The van der Waals surface area contributed by atoms with E-state index in [0.29, 0.717) is 19.0 Å². The molecule has 0 atom stereocenters. The number of ether oxygens (including phenoxy) is 2. The summed E-state index contributed by atoms with van der Waals surface area (Å²) in [6, 6.07) is 8.73. The van der Waals surface area contributed by atoms with Crippen LogP contribution in [0.25, 0.3) is 6.08 Å². The highest BCUT2D eigenvalue weighted by Crippen LogP contribution is 2.32. The lowest BCUT2D eigenvalue weighted by molar-refractivity contribution is -0.115. The normalized spacial score (nSPS) is 13.8. The van der Waals surface area contributed by atoms with Gasteiger partial charge in [-0.2, -0.15) is 5.26 Å². The summed E-state index contributed by atoms with van der Waals surface area (Å²) in [5.74, 6) is -0.114. The maximum absolute atomic E-state index is 12.4. The molecule has 2 aromatic rings. The molecule has 0 spiro atoms. The van der Waals surface area contributed by atoms with Gasteiger partial charge >= 0.3 is 0 Å². The Bertz CT molecular complexity index is 971. The number of nitrogens with zero attached hydrogens (tertiary/aromatic N) is 1. The Morgan fingerprint density at radius 3 is 2.64 bits per heavy atom. The Labute approximate surface area is 143 Å². The Hall–Kier alpha value is -3.25. The van der Waals surface area contributed by atoms with Gasteiger partial charge in [-0.15, -0.1) is 0 Å². The average molecular weight is 360 g/mol. The summed E-state index contributed by atoms with van der Waals surface area (Å²) >= 11 is 0. The summed E-state index contributed by atoms with van der Waals surface area (Å²) in [4.78, 5) is 11.9. The average Bonchev–Trinajstić information content (AvgIpc) is 3.12. The molecule has 1 aromatic carbocycles. The van der Waals surface area contributed by atoms with E-state index in [1.165, 1.54) is 30.5 Å². The highest BCUT2D eigenvalue weighted by atomic mass is 32.2. The van der Waals surface area contributed by atoms with Crippen LogP contribution in [0.3, 0.4) is 0 Å². The summed E-state index contributed by atoms with van der Waals surface area (Å²) < 4.78 is 42.2. The van der Waals surface area contributed by atoms with Gasteiger partial charge in [0.05, 0.1) is 11.2 Å². The van der Waals surface area contributed by atoms with Crippen molar-refractivity contribution in [3.8, 4) is 17.6 Å². The fourth-order valence-electron chi connectivity index (χ4n) is 2.09. The van der Waals surface area contributed by atoms with E-state index >= 15 is 0 Å². The second-order valence-corrected chi connectivity index (χ2v) is 6.61. The Kier molecular flexibility index (Phi) is 4.45. The number of hydrogen-bond donors (Lipinski definition) is 1. The van der Waals surface area contributed by atoms with Crippen molar-refractivity contribution in [2.75, 3.05) is 13.2 Å². The molecule has 0 unspecified atom stereocenters. The van der Waals surface area contributed by atoms with Gasteiger partial charge in [-0.3, -0.25) is 4.79 Å². The Morgan fingerprint density at radius 2 is 1.96 bits per heavy atom. The van der Waals surface area contributed by atoms with E-state index in [4.69, 9.17) is 19.2 Å². The first-order valence-corrected chi connectivity index (χ1v) is 8.60. The number of rotatable bonds is 4. The first-order chi connectivity index (χ1) is 12.0. The number of sulfonamides is 1. The van der Waals surface area contributed by atoms with Crippen LogP contribution in [0.4, 0.5) is 0 Å². The van der Waals surface area contributed by atoms with Crippen LogP contribution in [0.2, 0.25) is 0 Å². The molecule has 1 aliphatic rings. The SMILES string of the molecule is N#C/C(=C\c1ccco1)C(=O)NS(=O)(=O)c1ccc2c(c1)OCCO2. The third-order valence-electron chi connectivity index (χ3n) is 3.25. The van der Waals surface area contributed by atoms with E-state index in [1.54, 1.807) is 12.1 Å². The minimum absolute atomic E-state index is 0.180. The highest BCUT2D eigenvalue weighted by Gasteiger charge is 2.23. The zero-order valence-corrected chi connectivity index (χ0v) is 13.6. The van der Waals surface area contributed by atoms with Crippen molar-refractivity contribution < 1.29 is 27.1 Å². The number of carbonyl (C=O) groups excluding carboxylic acids is 1. The first kappa shape index (κ1) is 16.6. The number of benzene rings is 1. The molecule has 0 bridgehead atoms. The lowest BCUT2D eigenvalue weighted by atomic mass is 10.2. The number of amides is 1. The van der Waals surface area contributed by atoms with Crippen LogP contribution >= 0.6 is 0 Å². The topological polar surface area (TPSA) is 119 Å². The molecule has 1 N–H and O–H groups in total. The van der Waals surface area contributed by atoms with E-state index < -0.39 is 21.5 Å². The zero-order chi connectivity index (χ0) is 17.9. The molecule has 9 heteroatoms. The van der Waals surface area contributed by atoms with E-state index in [1.807, 2.05) is 4.72 Å². The molecule has 8 nitrogen and oxygen atoms in total. The van der Waals surface area contributed by atoms with Crippen LogP contribution in [0.5, 0.6) is 11.5 Å². The molecule has 1 aromatic heterocycles. The molecular formula is C16H12N2O6S. The second-order valence-electron chi connectivity index (χ2n) is 4.93. The van der Waals surface area contributed by atoms with Gasteiger partial charge in [-0.05, 0) is 24.3 Å². The third kappa shape index (κ3) is 3.64. The van der Waals surface area contributed by atoms with Crippen LogP contribution in [-0.2, 0) is 14.8 Å². The van der Waals surface area contributed by atoms with Crippen LogP contribution in [-0.4, -0.2) is 27.5 Å². The van der Waals surface area contributed by atoms with Crippen molar-refractivity contribution in [3.63, 3.8) is 0 Å². The molecule has 0 fully saturated rings. The van der Waals surface area contributed by atoms with Crippen LogP contribution < -0.4 is 14.2 Å². The standard InChI is InChI=1S/C16H12N2O6S/c17-10-11(8-12-2-1-5-22-12)16(19)18-25(20,21)13-3-4-14-15(9-13)24-7-6-23-14/h1-5,8-9H,6-7H2,(H,18,19)/b11-8+. The molecule has 0 saturated heterocycles. The van der Waals surface area contributed by atoms with Crippen molar-refractivity contribution in [1.82, 2.24) is 4.72 Å². The molecule has 0 radical (unpaired) electrons. The molecule has 25 heavy (non-hydrogen) atoms. The van der Waals surface area contributed by atoms with Gasteiger partial charge in [-0.1, -0.05) is 0 Å². The molecule has 1 amide bonds. The number of furan rings is 1. The van der Waals surface area contributed by atoms with Crippen molar-refractivity contribution in [3.05, 3.63) is 47.9 Å². The first-order valence-electron chi connectivity index (χ1n) is 7.12. The van der Waals surface area contributed by atoms with E-state index in [9.17, 15) is 13.2 Å². The molecular weight excluding hydrogens is 348 g/mol. The number of fused-ring (bicyclic) bond motifs is 1. The van der Waals surface area contributed by atoms with Crippen molar-refractivity contribution in [2.24, 2.45) is 0 Å². The lowest BCUT2D eigenvalue weighted by Gasteiger charge is -2.18. The van der Waals surface area contributed by atoms with Crippen molar-refractivity contribution in [1.29, 1.82) is 5.26 Å². The predicted molar refractivity (Wildman–Crippen MR) is 85.1 cm³/mol. The van der Waals surface area contributed by atoms with Gasteiger partial charge in [0.2, 0.25) is 0 Å². The number of nitriles is 1. The van der Waals surface area contributed by atoms with Gasteiger partial charge < -0.3 is 13.9 Å². The highest BCUT2D eigenvalue weighted by molar-refractivity contribution is 7.90.